The lowest BCUT2D eigenvalue weighted by atomic mass is 10.1. The highest BCUT2D eigenvalue weighted by Gasteiger charge is 2.41. The quantitative estimate of drug-likeness (QED) is 0.782. The summed E-state index contributed by atoms with van der Waals surface area (Å²) in [6, 6.07) is 3.94. The number of aliphatic hydroxyl groups is 1. The Hall–Kier alpha value is -0.920. The Balaban J connectivity index is 2.45. The summed E-state index contributed by atoms with van der Waals surface area (Å²) in [7, 11) is 0. The molecule has 1 unspecified atom stereocenters. The molecule has 0 saturated carbocycles. The smallest absolute Gasteiger partial charge is 0.330 e. The van der Waals surface area contributed by atoms with Crippen molar-refractivity contribution in [3.63, 3.8) is 0 Å². The molecule has 1 N–H and O–H groups in total. The molecule has 1 rings (SSSR count). The van der Waals surface area contributed by atoms with Crippen molar-refractivity contribution in [2.24, 2.45) is 0 Å². The van der Waals surface area contributed by atoms with Crippen LogP contribution in [0.15, 0.2) is 18.2 Å². The molecule has 20 heavy (non-hydrogen) atoms. The predicted molar refractivity (Wildman–Crippen MR) is 62.9 cm³/mol. The van der Waals surface area contributed by atoms with Crippen LogP contribution in [0.5, 0.6) is 0 Å². The number of rotatable bonds is 7. The summed E-state index contributed by atoms with van der Waals surface area (Å²) in [6.45, 7) is -2.09. The Morgan fingerprint density at radius 1 is 1.30 bits per heavy atom. The fourth-order valence-corrected chi connectivity index (χ4v) is 1.62. The number of hydrogen-bond donors (Lipinski definition) is 1. The lowest BCUT2D eigenvalue weighted by molar-refractivity contribution is -0.170. The molecule has 0 saturated heterocycles. The van der Waals surface area contributed by atoms with Gasteiger partial charge in [-0.1, -0.05) is 23.7 Å². The standard InChI is InChI=1S/C12H12ClF5O2/c13-10-7(2-1-3-9(10)14)4-8(19)5-20-6-12(17,18)11(15)16/h1-3,8,11,19H,4-6H2. The van der Waals surface area contributed by atoms with E-state index in [9.17, 15) is 27.1 Å². The van der Waals surface area contributed by atoms with Crippen LogP contribution in [-0.2, 0) is 11.2 Å². The molecular weight excluding hydrogens is 307 g/mol. The number of alkyl halides is 4. The molecule has 0 aromatic heterocycles. The first-order valence-corrected chi connectivity index (χ1v) is 5.96. The highest BCUT2D eigenvalue weighted by molar-refractivity contribution is 6.31. The Morgan fingerprint density at radius 3 is 2.55 bits per heavy atom. The Bertz CT molecular complexity index is 442. The molecule has 1 atom stereocenters. The first-order valence-electron chi connectivity index (χ1n) is 5.58. The van der Waals surface area contributed by atoms with Gasteiger partial charge in [-0.2, -0.15) is 8.78 Å². The molecule has 0 spiro atoms. The monoisotopic (exact) mass is 318 g/mol. The molecule has 0 radical (unpaired) electrons. The van der Waals surface area contributed by atoms with Gasteiger partial charge in [0.15, 0.2) is 0 Å². The molecular formula is C12H12ClF5O2. The lowest BCUT2D eigenvalue weighted by Gasteiger charge is -2.17. The summed E-state index contributed by atoms with van der Waals surface area (Å²) in [4.78, 5) is 0. The topological polar surface area (TPSA) is 29.5 Å². The van der Waals surface area contributed by atoms with E-state index in [1.807, 2.05) is 0 Å². The van der Waals surface area contributed by atoms with Crippen molar-refractivity contribution in [1.82, 2.24) is 0 Å². The van der Waals surface area contributed by atoms with Crippen molar-refractivity contribution in [3.8, 4) is 0 Å². The van der Waals surface area contributed by atoms with Crippen molar-refractivity contribution in [3.05, 3.63) is 34.6 Å². The van der Waals surface area contributed by atoms with E-state index in [4.69, 9.17) is 11.6 Å². The molecule has 0 heterocycles. The minimum absolute atomic E-state index is 0.142. The molecule has 0 aliphatic rings. The third-order valence-electron chi connectivity index (χ3n) is 2.41. The molecule has 2 nitrogen and oxygen atoms in total. The fourth-order valence-electron chi connectivity index (χ4n) is 1.41. The zero-order chi connectivity index (χ0) is 15.3. The van der Waals surface area contributed by atoms with E-state index in [1.165, 1.54) is 12.1 Å². The van der Waals surface area contributed by atoms with Crippen LogP contribution in [-0.4, -0.2) is 36.8 Å². The molecule has 0 aliphatic carbocycles. The van der Waals surface area contributed by atoms with Crippen molar-refractivity contribution in [2.45, 2.75) is 24.9 Å². The summed E-state index contributed by atoms with van der Waals surface area (Å²) < 4.78 is 66.1. The predicted octanol–water partition coefficient (Wildman–Crippen LogP) is 3.30. The van der Waals surface area contributed by atoms with Gasteiger partial charge in [0.05, 0.1) is 17.7 Å². The van der Waals surface area contributed by atoms with Gasteiger partial charge in [-0.05, 0) is 11.6 Å². The zero-order valence-electron chi connectivity index (χ0n) is 10.1. The maximum Gasteiger partial charge on any atom is 0.330 e. The number of aliphatic hydroxyl groups excluding tert-OH is 1. The van der Waals surface area contributed by atoms with Crippen LogP contribution >= 0.6 is 11.6 Å². The van der Waals surface area contributed by atoms with Gasteiger partial charge in [0.25, 0.3) is 0 Å². The molecule has 8 heteroatoms. The summed E-state index contributed by atoms with van der Waals surface area (Å²) in [6.07, 6.45) is -5.24. The second-order valence-corrected chi connectivity index (χ2v) is 4.53. The van der Waals surface area contributed by atoms with E-state index >= 15 is 0 Å². The first-order chi connectivity index (χ1) is 9.24. The van der Waals surface area contributed by atoms with E-state index in [1.54, 1.807) is 0 Å². The molecule has 1 aromatic rings. The second kappa shape index (κ2) is 7.19. The van der Waals surface area contributed by atoms with Crippen molar-refractivity contribution >= 4 is 11.6 Å². The van der Waals surface area contributed by atoms with Crippen LogP contribution in [0.25, 0.3) is 0 Å². The molecule has 0 fully saturated rings. The summed E-state index contributed by atoms with van der Waals surface area (Å²) >= 11 is 5.64. The van der Waals surface area contributed by atoms with Crippen molar-refractivity contribution in [1.29, 1.82) is 0 Å². The van der Waals surface area contributed by atoms with Gasteiger partial charge < -0.3 is 9.84 Å². The number of halogens is 6. The summed E-state index contributed by atoms with van der Waals surface area (Å²) in [5, 5.41) is 9.32. The van der Waals surface area contributed by atoms with E-state index in [0.717, 1.165) is 6.07 Å². The maximum atomic E-state index is 13.1. The maximum absolute atomic E-state index is 13.1. The van der Waals surface area contributed by atoms with E-state index < -0.39 is 37.5 Å². The largest absolute Gasteiger partial charge is 0.390 e. The molecule has 0 aliphatic heterocycles. The number of hydrogen-bond acceptors (Lipinski definition) is 2. The van der Waals surface area contributed by atoms with Gasteiger partial charge in [-0.15, -0.1) is 0 Å². The van der Waals surface area contributed by atoms with Crippen LogP contribution in [0.1, 0.15) is 5.56 Å². The zero-order valence-corrected chi connectivity index (χ0v) is 10.9. The van der Waals surface area contributed by atoms with Crippen LogP contribution in [0, 0.1) is 5.82 Å². The number of ether oxygens (including phenoxy) is 1. The molecule has 0 bridgehead atoms. The van der Waals surface area contributed by atoms with Crippen LogP contribution in [0.4, 0.5) is 22.0 Å². The minimum atomic E-state index is -4.27. The van der Waals surface area contributed by atoms with Gasteiger partial charge in [0, 0.05) is 6.42 Å². The molecule has 0 amide bonds. The van der Waals surface area contributed by atoms with E-state index in [-0.39, 0.29) is 17.0 Å². The Labute approximate surface area is 117 Å². The van der Waals surface area contributed by atoms with Crippen molar-refractivity contribution in [2.75, 3.05) is 13.2 Å². The Kier molecular flexibility index (Phi) is 6.16. The van der Waals surface area contributed by atoms with Crippen molar-refractivity contribution < 1.29 is 31.8 Å². The third-order valence-corrected chi connectivity index (χ3v) is 2.83. The van der Waals surface area contributed by atoms with Crippen LogP contribution in [0.3, 0.4) is 0 Å². The highest BCUT2D eigenvalue weighted by atomic mass is 35.5. The van der Waals surface area contributed by atoms with Gasteiger partial charge in [-0.3, -0.25) is 0 Å². The van der Waals surface area contributed by atoms with E-state index in [2.05, 4.69) is 4.74 Å². The van der Waals surface area contributed by atoms with Gasteiger partial charge in [0.2, 0.25) is 0 Å². The molecule has 114 valence electrons. The Morgan fingerprint density at radius 2 is 1.95 bits per heavy atom. The third kappa shape index (κ3) is 4.88. The SMILES string of the molecule is OC(COCC(F)(F)C(F)F)Cc1cccc(F)c1Cl. The van der Waals surface area contributed by atoms with Crippen LogP contribution < -0.4 is 0 Å². The summed E-state index contributed by atoms with van der Waals surface area (Å²) in [5.41, 5.74) is 0.267. The normalized spacial score (nSPS) is 13.8. The molecule has 1 aromatic carbocycles. The average molecular weight is 319 g/mol. The fraction of sp³-hybridized carbons (Fsp3) is 0.500. The first kappa shape index (κ1) is 17.1. The number of benzene rings is 1. The average Bonchev–Trinajstić information content (AvgIpc) is 2.34. The minimum Gasteiger partial charge on any atom is -0.390 e. The lowest BCUT2D eigenvalue weighted by Crippen LogP contribution is -2.34. The van der Waals surface area contributed by atoms with E-state index in [0.29, 0.717) is 0 Å². The van der Waals surface area contributed by atoms with Gasteiger partial charge >= 0.3 is 12.3 Å². The second-order valence-electron chi connectivity index (χ2n) is 4.15. The van der Waals surface area contributed by atoms with Crippen LogP contribution in [0.2, 0.25) is 5.02 Å². The van der Waals surface area contributed by atoms with Gasteiger partial charge in [-0.25, -0.2) is 13.2 Å². The highest BCUT2D eigenvalue weighted by Crippen LogP contribution is 2.23. The summed E-state index contributed by atoms with van der Waals surface area (Å²) in [5.74, 6) is -4.95. The van der Waals surface area contributed by atoms with Gasteiger partial charge in [0.1, 0.15) is 12.4 Å².